The highest BCUT2D eigenvalue weighted by molar-refractivity contribution is 5.87. The van der Waals surface area contributed by atoms with Crippen LogP contribution in [0.3, 0.4) is 0 Å². The number of aromatic nitrogens is 3. The fraction of sp³-hybridized carbons (Fsp3) is 0.579. The highest BCUT2D eigenvalue weighted by atomic mass is 19.4. The SMILES string of the molecule is Cn1nc(NC(=O)N2CCC3(CC2)CC(c2cccc(C(F)(F)F)c2)CO3)n1C. The number of ether oxygens (including phenoxy) is 1. The number of urea groups is 1. The number of anilines is 1. The maximum Gasteiger partial charge on any atom is 0.416 e. The zero-order valence-electron chi connectivity index (χ0n) is 16.4. The molecule has 1 aromatic carbocycles. The second kappa shape index (κ2) is 7.08. The summed E-state index contributed by atoms with van der Waals surface area (Å²) >= 11 is 0. The second-order valence-corrected chi connectivity index (χ2v) is 7.87. The largest absolute Gasteiger partial charge is 0.416 e. The van der Waals surface area contributed by atoms with Crippen LogP contribution in [0.25, 0.3) is 0 Å². The van der Waals surface area contributed by atoms with Gasteiger partial charge >= 0.3 is 12.2 Å². The summed E-state index contributed by atoms with van der Waals surface area (Å²) in [6, 6.07) is 5.30. The Hall–Kier alpha value is -2.49. The molecule has 4 rings (SSSR count). The van der Waals surface area contributed by atoms with Crippen molar-refractivity contribution in [2.45, 2.75) is 37.0 Å². The van der Waals surface area contributed by atoms with Crippen LogP contribution in [0.4, 0.5) is 23.9 Å². The molecule has 0 bridgehead atoms. The molecule has 1 atom stereocenters. The number of nitrogens with one attached hydrogen (secondary N) is 1. The summed E-state index contributed by atoms with van der Waals surface area (Å²) in [4.78, 5) is 15.8. The number of aryl methyl sites for hydroxylation is 1. The number of nitrogens with zero attached hydrogens (tertiary/aromatic N) is 4. The molecule has 1 N–H and O–H groups in total. The summed E-state index contributed by atoms with van der Waals surface area (Å²) in [7, 11) is 3.58. The number of alkyl halides is 3. The van der Waals surface area contributed by atoms with Crippen LogP contribution in [0.2, 0.25) is 0 Å². The third kappa shape index (κ3) is 3.85. The van der Waals surface area contributed by atoms with Gasteiger partial charge in [0.15, 0.2) is 0 Å². The molecule has 2 fully saturated rings. The van der Waals surface area contributed by atoms with Gasteiger partial charge in [-0.25, -0.2) is 14.3 Å². The van der Waals surface area contributed by atoms with Crippen molar-refractivity contribution in [2.75, 3.05) is 25.0 Å². The number of carbonyl (C=O) groups is 1. The van der Waals surface area contributed by atoms with Crippen molar-refractivity contribution in [3.05, 3.63) is 35.4 Å². The minimum atomic E-state index is -4.35. The molecule has 0 radical (unpaired) electrons. The van der Waals surface area contributed by atoms with Gasteiger partial charge in [0, 0.05) is 33.1 Å². The normalized spacial score (nSPS) is 21.7. The maximum atomic E-state index is 13.0. The van der Waals surface area contributed by atoms with Crippen molar-refractivity contribution in [3.63, 3.8) is 0 Å². The van der Waals surface area contributed by atoms with E-state index in [9.17, 15) is 18.0 Å². The first-order chi connectivity index (χ1) is 13.7. The van der Waals surface area contributed by atoms with Crippen LogP contribution < -0.4 is 5.32 Å². The summed E-state index contributed by atoms with van der Waals surface area (Å²) in [6.07, 6.45) is -2.35. The summed E-state index contributed by atoms with van der Waals surface area (Å²) in [5.41, 5.74) is -0.343. The number of rotatable bonds is 2. The van der Waals surface area contributed by atoms with Crippen LogP contribution in [-0.2, 0) is 25.0 Å². The van der Waals surface area contributed by atoms with E-state index in [0.717, 1.165) is 6.07 Å². The summed E-state index contributed by atoms with van der Waals surface area (Å²) in [5.74, 6) is 0.436. The monoisotopic (exact) mass is 411 g/mol. The van der Waals surface area contributed by atoms with E-state index in [1.165, 1.54) is 12.1 Å². The first-order valence-electron chi connectivity index (χ1n) is 9.60. The van der Waals surface area contributed by atoms with Crippen molar-refractivity contribution < 1.29 is 22.7 Å². The van der Waals surface area contributed by atoms with Gasteiger partial charge in [0.2, 0.25) is 5.95 Å². The molecule has 158 valence electrons. The van der Waals surface area contributed by atoms with Crippen molar-refractivity contribution >= 4 is 12.0 Å². The second-order valence-electron chi connectivity index (χ2n) is 7.87. The van der Waals surface area contributed by atoms with Gasteiger partial charge in [-0.2, -0.15) is 13.2 Å². The van der Waals surface area contributed by atoms with Crippen LogP contribution in [0.1, 0.15) is 36.3 Å². The fourth-order valence-corrected chi connectivity index (χ4v) is 4.14. The average Bonchev–Trinajstić information content (AvgIpc) is 3.11. The van der Waals surface area contributed by atoms with Crippen LogP contribution in [0, 0.1) is 0 Å². The Morgan fingerprint density at radius 2 is 2.00 bits per heavy atom. The molecule has 1 spiro atoms. The molecule has 2 saturated heterocycles. The molecule has 10 heteroatoms. The van der Waals surface area contributed by atoms with Crippen molar-refractivity contribution in [1.29, 1.82) is 0 Å². The van der Waals surface area contributed by atoms with E-state index in [4.69, 9.17) is 4.74 Å². The third-order valence-corrected chi connectivity index (χ3v) is 6.06. The average molecular weight is 411 g/mol. The molecule has 2 aromatic rings. The summed E-state index contributed by atoms with van der Waals surface area (Å²) in [5, 5.41) is 6.86. The molecule has 2 aliphatic heterocycles. The molecule has 1 aromatic heterocycles. The molecule has 29 heavy (non-hydrogen) atoms. The van der Waals surface area contributed by atoms with Crippen LogP contribution in [0.5, 0.6) is 0 Å². The highest BCUT2D eigenvalue weighted by Crippen LogP contribution is 2.43. The molecular weight excluding hydrogens is 387 g/mol. The molecule has 0 saturated carbocycles. The topological polar surface area (TPSA) is 64.3 Å². The van der Waals surface area contributed by atoms with Crippen molar-refractivity contribution in [1.82, 2.24) is 19.5 Å². The lowest BCUT2D eigenvalue weighted by molar-refractivity contribution is -0.137. The smallest absolute Gasteiger partial charge is 0.374 e. The molecule has 0 aliphatic carbocycles. The Kier molecular flexibility index (Phi) is 4.84. The zero-order chi connectivity index (χ0) is 20.8. The number of benzene rings is 1. The standard InChI is InChI=1S/C19H24F3N5O2/c1-25-16(24-26(25)2)23-17(28)27-8-6-18(7-9-27)11-14(12-29-18)13-4-3-5-15(10-13)19(20,21)22/h3-5,10,14H,6-9,11-12H2,1-2H3,(H,23,24,28). The number of halogens is 3. The minimum absolute atomic E-state index is 0.0637. The molecular formula is C19H24F3N5O2. The van der Waals surface area contributed by atoms with Gasteiger partial charge in [-0.05, 0) is 30.9 Å². The lowest BCUT2D eigenvalue weighted by Crippen LogP contribution is -2.48. The first kappa shape index (κ1) is 19.8. The van der Waals surface area contributed by atoms with E-state index in [0.29, 0.717) is 50.5 Å². The molecule has 7 nitrogen and oxygen atoms in total. The van der Waals surface area contributed by atoms with Crippen LogP contribution in [0.15, 0.2) is 24.3 Å². The van der Waals surface area contributed by atoms with E-state index < -0.39 is 11.7 Å². The molecule has 2 amide bonds. The van der Waals surface area contributed by atoms with Crippen molar-refractivity contribution in [2.24, 2.45) is 14.1 Å². The van der Waals surface area contributed by atoms with Crippen LogP contribution in [-0.4, -0.2) is 50.8 Å². The van der Waals surface area contributed by atoms with Gasteiger partial charge in [-0.15, -0.1) is 5.10 Å². The lowest BCUT2D eigenvalue weighted by Gasteiger charge is -2.38. The van der Waals surface area contributed by atoms with E-state index in [2.05, 4.69) is 10.4 Å². The van der Waals surface area contributed by atoms with Gasteiger partial charge < -0.3 is 9.64 Å². The van der Waals surface area contributed by atoms with Crippen LogP contribution >= 0.6 is 0 Å². The first-order valence-corrected chi connectivity index (χ1v) is 9.60. The van der Waals surface area contributed by atoms with Crippen molar-refractivity contribution in [3.8, 4) is 0 Å². The van der Waals surface area contributed by atoms with E-state index >= 15 is 0 Å². The van der Waals surface area contributed by atoms with Gasteiger partial charge in [-0.3, -0.25) is 5.32 Å². The number of likely N-dealkylation sites (tertiary alicyclic amines) is 1. The lowest BCUT2D eigenvalue weighted by atomic mass is 9.83. The Balaban J connectivity index is 1.35. The van der Waals surface area contributed by atoms with Gasteiger partial charge in [0.05, 0.1) is 17.8 Å². The number of hydrogen-bond donors (Lipinski definition) is 1. The van der Waals surface area contributed by atoms with Gasteiger partial charge in [0.1, 0.15) is 0 Å². The Morgan fingerprint density at radius 3 is 2.62 bits per heavy atom. The highest BCUT2D eigenvalue weighted by Gasteiger charge is 2.44. The number of carbonyl (C=O) groups excluding carboxylic acids is 1. The fourth-order valence-electron chi connectivity index (χ4n) is 4.14. The Bertz CT molecular complexity index is 896. The predicted molar refractivity (Wildman–Crippen MR) is 99.5 cm³/mol. The van der Waals surface area contributed by atoms with E-state index in [-0.39, 0.29) is 17.6 Å². The maximum absolute atomic E-state index is 13.0. The minimum Gasteiger partial charge on any atom is -0.374 e. The number of amides is 2. The molecule has 2 aliphatic rings. The number of piperidine rings is 1. The van der Waals surface area contributed by atoms with Gasteiger partial charge in [-0.1, -0.05) is 18.2 Å². The Labute approximate surface area is 166 Å². The van der Waals surface area contributed by atoms with E-state index in [1.807, 2.05) is 0 Å². The summed E-state index contributed by atoms with van der Waals surface area (Å²) in [6.45, 7) is 1.48. The zero-order valence-corrected chi connectivity index (χ0v) is 16.4. The third-order valence-electron chi connectivity index (χ3n) is 6.06. The summed E-state index contributed by atoms with van der Waals surface area (Å²) < 4.78 is 46.8. The quantitative estimate of drug-likeness (QED) is 0.824. The molecule has 3 heterocycles. The number of hydrogen-bond acceptors (Lipinski definition) is 3. The Morgan fingerprint density at radius 1 is 1.28 bits per heavy atom. The van der Waals surface area contributed by atoms with E-state index in [1.54, 1.807) is 34.5 Å². The van der Waals surface area contributed by atoms with Gasteiger partial charge in [0.25, 0.3) is 0 Å². The predicted octanol–water partition coefficient (Wildman–Crippen LogP) is 3.35. The molecule has 1 unspecified atom stereocenters.